The summed E-state index contributed by atoms with van der Waals surface area (Å²) in [6.45, 7) is 2.02. The molecule has 0 aromatic rings. The van der Waals surface area contributed by atoms with E-state index < -0.39 is 150 Å². The number of nitrogens with one attached hydrogen (secondary N) is 1. The molecule has 50 heavy (non-hydrogen) atoms. The second-order valence-corrected chi connectivity index (χ2v) is 12.0. The van der Waals surface area contributed by atoms with Crippen LogP contribution in [-0.2, 0) is 38.0 Å². The van der Waals surface area contributed by atoms with Gasteiger partial charge in [-0.1, -0.05) is 0 Å². The molecule has 1 aliphatic heterocycles. The van der Waals surface area contributed by atoms with Crippen molar-refractivity contribution in [1.82, 2.24) is 5.32 Å². The Morgan fingerprint density at radius 3 is 1.72 bits per heavy atom. The molecule has 1 amide bonds. The lowest BCUT2D eigenvalue weighted by molar-refractivity contribution is -0.309. The fraction of sp³-hybridized carbons (Fsp3) is 0.966. The lowest BCUT2D eigenvalue weighted by Gasteiger charge is -2.39. The highest BCUT2D eigenvalue weighted by Gasteiger charge is 2.43. The van der Waals surface area contributed by atoms with E-state index in [4.69, 9.17) is 33.2 Å². The number of amides is 1. The van der Waals surface area contributed by atoms with E-state index in [0.717, 1.165) is 6.92 Å². The van der Waals surface area contributed by atoms with Gasteiger partial charge in [-0.2, -0.15) is 0 Å². The van der Waals surface area contributed by atoms with Gasteiger partial charge in [0.25, 0.3) is 0 Å². The molecule has 21 nitrogen and oxygen atoms in total. The molecule has 1 fully saturated rings. The molecular formula is C29H57NO20. The molecule has 1 heterocycles. The third kappa shape index (κ3) is 15.0. The van der Waals surface area contributed by atoms with Crippen molar-refractivity contribution in [3.05, 3.63) is 0 Å². The number of ether oxygens (including phenoxy) is 7. The Balaban J connectivity index is 3.04. The van der Waals surface area contributed by atoms with E-state index in [1.165, 1.54) is 27.7 Å². The molecule has 1 saturated heterocycles. The van der Waals surface area contributed by atoms with E-state index in [9.17, 15) is 66.1 Å². The number of carbonyl (C=O) groups is 1. The minimum Gasteiger partial charge on any atom is -0.394 e. The SMILES string of the molecule is CC(=O)N[C@@H](CO)[C@H](OC[C@H](O)[C@@H](OC(CO)[C@@H](C)O)O[C@@H](C)C(CO)OC(O)[C@@H](O)CO[C@@H]1OC(C)[C@@H](O)C(O)[C@@H]1O)OC(CO)[C@H](C)O. The summed E-state index contributed by atoms with van der Waals surface area (Å²) in [5, 5.41) is 123. The third-order valence-electron chi connectivity index (χ3n) is 7.65. The van der Waals surface area contributed by atoms with Crippen LogP contribution >= 0.6 is 0 Å². The molecule has 6 unspecified atom stereocenters. The molecule has 21 heteroatoms. The van der Waals surface area contributed by atoms with E-state index in [0.29, 0.717) is 0 Å². The first-order chi connectivity index (χ1) is 23.4. The Morgan fingerprint density at radius 1 is 0.700 bits per heavy atom. The number of hydrogen-bond donors (Lipinski definition) is 13. The fourth-order valence-electron chi connectivity index (χ4n) is 4.46. The lowest BCUT2D eigenvalue weighted by Crippen LogP contribution is -2.57. The van der Waals surface area contributed by atoms with Crippen molar-refractivity contribution >= 4 is 5.91 Å². The average Bonchev–Trinajstić information content (AvgIpc) is 3.06. The number of hydrogen-bond acceptors (Lipinski definition) is 20. The molecule has 0 saturated carbocycles. The minimum atomic E-state index is -2.04. The maximum Gasteiger partial charge on any atom is 0.217 e. The summed E-state index contributed by atoms with van der Waals surface area (Å²) in [6, 6.07) is -1.24. The zero-order valence-electron chi connectivity index (χ0n) is 28.7. The third-order valence-corrected chi connectivity index (χ3v) is 7.65. The molecule has 1 rings (SSSR count). The van der Waals surface area contributed by atoms with Gasteiger partial charge in [-0.05, 0) is 27.7 Å². The quantitative estimate of drug-likeness (QED) is 0.0387. The van der Waals surface area contributed by atoms with Gasteiger partial charge in [-0.15, -0.1) is 0 Å². The van der Waals surface area contributed by atoms with Crippen LogP contribution in [0.3, 0.4) is 0 Å². The van der Waals surface area contributed by atoms with Gasteiger partial charge in [0.2, 0.25) is 5.91 Å². The van der Waals surface area contributed by atoms with E-state index in [1.54, 1.807) is 0 Å². The van der Waals surface area contributed by atoms with Gasteiger partial charge in [0, 0.05) is 6.92 Å². The van der Waals surface area contributed by atoms with Gasteiger partial charge in [-0.3, -0.25) is 4.79 Å². The molecular weight excluding hydrogens is 682 g/mol. The predicted molar refractivity (Wildman–Crippen MR) is 164 cm³/mol. The molecule has 0 bridgehead atoms. The number of carbonyl (C=O) groups excluding carboxylic acids is 1. The summed E-state index contributed by atoms with van der Waals surface area (Å²) in [5.41, 5.74) is 0. The molecule has 0 aliphatic carbocycles. The van der Waals surface area contributed by atoms with Crippen molar-refractivity contribution in [3.63, 3.8) is 0 Å². The number of aliphatic hydroxyl groups excluding tert-OH is 12. The van der Waals surface area contributed by atoms with Crippen LogP contribution in [0.2, 0.25) is 0 Å². The smallest absolute Gasteiger partial charge is 0.217 e. The molecule has 0 aromatic carbocycles. The number of rotatable bonds is 25. The van der Waals surface area contributed by atoms with Gasteiger partial charge >= 0.3 is 0 Å². The summed E-state index contributed by atoms with van der Waals surface area (Å²) in [6.07, 6.45) is -23.9. The second kappa shape index (κ2) is 23.4. The molecule has 1 aliphatic rings. The van der Waals surface area contributed by atoms with Crippen LogP contribution in [0.1, 0.15) is 34.6 Å². The molecule has 0 radical (unpaired) electrons. The molecule has 0 spiro atoms. The summed E-state index contributed by atoms with van der Waals surface area (Å²) >= 11 is 0. The van der Waals surface area contributed by atoms with Gasteiger partial charge < -0.3 is 99.8 Å². The zero-order chi connectivity index (χ0) is 38.3. The van der Waals surface area contributed by atoms with Gasteiger partial charge in [-0.25, -0.2) is 0 Å². The Hall–Kier alpha value is -1.29. The molecule has 13 N–H and O–H groups in total. The predicted octanol–water partition coefficient (Wildman–Crippen LogP) is -6.66. The maximum atomic E-state index is 11.7. The Bertz CT molecular complexity index is 920. The van der Waals surface area contributed by atoms with Crippen molar-refractivity contribution in [2.24, 2.45) is 0 Å². The van der Waals surface area contributed by atoms with Crippen LogP contribution in [0.4, 0.5) is 0 Å². The Labute approximate surface area is 289 Å². The molecule has 298 valence electrons. The summed E-state index contributed by atoms with van der Waals surface area (Å²) < 4.78 is 38.2. The van der Waals surface area contributed by atoms with E-state index in [2.05, 4.69) is 5.32 Å². The molecule has 0 aromatic heterocycles. The van der Waals surface area contributed by atoms with Crippen molar-refractivity contribution in [1.29, 1.82) is 0 Å². The highest BCUT2D eigenvalue weighted by atomic mass is 16.7. The Morgan fingerprint density at radius 2 is 1.24 bits per heavy atom. The highest BCUT2D eigenvalue weighted by molar-refractivity contribution is 5.73. The fourth-order valence-corrected chi connectivity index (χ4v) is 4.46. The van der Waals surface area contributed by atoms with Crippen LogP contribution in [0.5, 0.6) is 0 Å². The van der Waals surface area contributed by atoms with Crippen LogP contribution in [0.15, 0.2) is 0 Å². The van der Waals surface area contributed by atoms with Gasteiger partial charge in [0.15, 0.2) is 25.2 Å². The monoisotopic (exact) mass is 739 g/mol. The minimum absolute atomic E-state index is 0.595. The standard InChI is InChI=1S/C29H57NO20/c1-12(35)20(7-32)49-27(17(6-31)30-16(5)37)44-11-19(39)28(50-21(8-33)13(2)36)46-14(3)22(9-34)48-26(43)18(38)10-45-29-25(42)24(41)23(40)15(4)47-29/h12-15,17-29,31-36,38-43H,6-11H2,1-5H3,(H,30,37)/t12-,13+,14-,15?,17-,18-,19-,20?,21?,22?,23+,24?,25-,26?,27+,28+,29+/m0/s1. The first-order valence-electron chi connectivity index (χ1n) is 16.1. The van der Waals surface area contributed by atoms with Crippen LogP contribution in [0, 0.1) is 0 Å². The van der Waals surface area contributed by atoms with Crippen molar-refractivity contribution in [3.8, 4) is 0 Å². The largest absolute Gasteiger partial charge is 0.394 e. The topological polar surface area (TPSA) is 336 Å². The van der Waals surface area contributed by atoms with E-state index >= 15 is 0 Å². The zero-order valence-corrected chi connectivity index (χ0v) is 28.7. The van der Waals surface area contributed by atoms with Crippen molar-refractivity contribution in [2.75, 3.05) is 39.6 Å². The summed E-state index contributed by atoms with van der Waals surface area (Å²) in [5.74, 6) is -0.595. The van der Waals surface area contributed by atoms with Crippen molar-refractivity contribution in [2.45, 2.75) is 139 Å². The summed E-state index contributed by atoms with van der Waals surface area (Å²) in [7, 11) is 0. The lowest BCUT2D eigenvalue weighted by atomic mass is 10.0. The maximum absolute atomic E-state index is 11.7. The highest BCUT2D eigenvalue weighted by Crippen LogP contribution is 2.23. The normalized spacial score (nSPS) is 28.7. The van der Waals surface area contributed by atoms with Gasteiger partial charge in [0.1, 0.15) is 54.9 Å². The summed E-state index contributed by atoms with van der Waals surface area (Å²) in [4.78, 5) is 11.7. The second-order valence-electron chi connectivity index (χ2n) is 12.0. The van der Waals surface area contributed by atoms with Crippen LogP contribution < -0.4 is 5.32 Å². The van der Waals surface area contributed by atoms with E-state index in [1.807, 2.05) is 0 Å². The average molecular weight is 740 g/mol. The molecule has 17 atom stereocenters. The van der Waals surface area contributed by atoms with Crippen LogP contribution in [0.25, 0.3) is 0 Å². The van der Waals surface area contributed by atoms with Gasteiger partial charge in [0.05, 0.1) is 64.1 Å². The van der Waals surface area contributed by atoms with Crippen LogP contribution in [-0.4, -0.2) is 211 Å². The Kier molecular flexibility index (Phi) is 21.9. The first-order valence-corrected chi connectivity index (χ1v) is 16.1. The van der Waals surface area contributed by atoms with E-state index in [-0.39, 0.29) is 0 Å². The first kappa shape index (κ1) is 46.7. The number of aliphatic hydroxyl groups is 12. The van der Waals surface area contributed by atoms with Crippen molar-refractivity contribution < 1.29 is 99.2 Å².